The van der Waals surface area contributed by atoms with Gasteiger partial charge in [-0.1, -0.05) is 0 Å². The van der Waals surface area contributed by atoms with Crippen molar-refractivity contribution in [3.63, 3.8) is 0 Å². The maximum Gasteiger partial charge on any atom is 0.243 e. The monoisotopic (exact) mass is 273 g/mol. The second kappa shape index (κ2) is 4.60. The Labute approximate surface area is 106 Å². The molecule has 1 aliphatic heterocycles. The predicted molar refractivity (Wildman–Crippen MR) is 65.3 cm³/mol. The molecule has 0 saturated carbocycles. The molecule has 1 aliphatic rings. The largest absolute Gasteiger partial charge is 0.392 e. The van der Waals surface area contributed by atoms with Gasteiger partial charge in [-0.2, -0.15) is 4.31 Å². The number of aryl methyl sites for hydroxylation is 2. The number of aliphatic hydroxyl groups excluding tert-OH is 1. The molecule has 2 rings (SSSR count). The minimum atomic E-state index is -3.64. The number of hydrogen-bond donors (Lipinski definition) is 1. The van der Waals surface area contributed by atoms with Crippen molar-refractivity contribution >= 4 is 10.0 Å². The molecule has 6 heteroatoms. The van der Waals surface area contributed by atoms with Crippen LogP contribution in [0.2, 0.25) is 0 Å². The van der Waals surface area contributed by atoms with Crippen LogP contribution in [0, 0.1) is 19.7 Å². The third-order valence-corrected chi connectivity index (χ3v) is 5.32. The molecule has 1 atom stereocenters. The number of hydrogen-bond acceptors (Lipinski definition) is 3. The molecule has 1 fully saturated rings. The van der Waals surface area contributed by atoms with Crippen LogP contribution in [0.25, 0.3) is 0 Å². The summed E-state index contributed by atoms with van der Waals surface area (Å²) in [5.41, 5.74) is 0.794. The topological polar surface area (TPSA) is 57.6 Å². The van der Waals surface area contributed by atoms with E-state index in [0.29, 0.717) is 24.1 Å². The second-order valence-electron chi connectivity index (χ2n) is 4.67. The van der Waals surface area contributed by atoms with E-state index in [4.69, 9.17) is 0 Å². The molecule has 4 nitrogen and oxygen atoms in total. The minimum absolute atomic E-state index is 0.110. The Kier molecular flexibility index (Phi) is 3.44. The highest BCUT2D eigenvalue weighted by Gasteiger charge is 2.33. The molecule has 0 amide bonds. The summed E-state index contributed by atoms with van der Waals surface area (Å²) in [6.45, 7) is 3.57. The Bertz CT molecular complexity index is 548. The van der Waals surface area contributed by atoms with Crippen LogP contribution in [-0.4, -0.2) is 37.0 Å². The first kappa shape index (κ1) is 13.5. The fourth-order valence-electron chi connectivity index (χ4n) is 2.36. The summed E-state index contributed by atoms with van der Waals surface area (Å²) < 4.78 is 39.3. The highest BCUT2D eigenvalue weighted by molar-refractivity contribution is 7.89. The zero-order valence-corrected chi connectivity index (χ0v) is 11.2. The quantitative estimate of drug-likeness (QED) is 0.881. The Balaban J connectivity index is 2.48. The molecular weight excluding hydrogens is 257 g/mol. The van der Waals surface area contributed by atoms with E-state index in [0.717, 1.165) is 0 Å². The fourth-order valence-corrected chi connectivity index (χ4v) is 4.27. The van der Waals surface area contributed by atoms with Gasteiger partial charge in [-0.25, -0.2) is 12.8 Å². The normalized spacial score (nSPS) is 21.4. The first-order valence-electron chi connectivity index (χ1n) is 5.77. The van der Waals surface area contributed by atoms with Crippen molar-refractivity contribution in [1.29, 1.82) is 0 Å². The van der Waals surface area contributed by atoms with E-state index in [1.807, 2.05) is 0 Å². The molecule has 18 heavy (non-hydrogen) atoms. The maximum absolute atomic E-state index is 13.2. The first-order valence-corrected chi connectivity index (χ1v) is 7.21. The van der Waals surface area contributed by atoms with E-state index >= 15 is 0 Å². The van der Waals surface area contributed by atoms with Crippen LogP contribution in [0.1, 0.15) is 17.5 Å². The summed E-state index contributed by atoms with van der Waals surface area (Å²) in [5.74, 6) is -0.439. The van der Waals surface area contributed by atoms with Crippen molar-refractivity contribution in [3.8, 4) is 0 Å². The number of benzene rings is 1. The number of sulfonamides is 1. The van der Waals surface area contributed by atoms with Gasteiger partial charge < -0.3 is 5.11 Å². The molecule has 1 N–H and O–H groups in total. The Morgan fingerprint density at radius 3 is 2.33 bits per heavy atom. The third kappa shape index (κ3) is 2.28. The number of nitrogens with zero attached hydrogens (tertiary/aromatic N) is 1. The smallest absolute Gasteiger partial charge is 0.243 e. The number of rotatable bonds is 2. The SMILES string of the molecule is Cc1cc(F)cc(C)c1S(=O)(=O)N1CC[C@H](O)C1. The van der Waals surface area contributed by atoms with Gasteiger partial charge in [0.1, 0.15) is 5.82 Å². The molecule has 1 aromatic carbocycles. The van der Waals surface area contributed by atoms with Gasteiger partial charge in [0.15, 0.2) is 0 Å². The Morgan fingerprint density at radius 1 is 1.33 bits per heavy atom. The predicted octanol–water partition coefficient (Wildman–Crippen LogP) is 1.20. The molecule has 1 aromatic rings. The molecule has 1 saturated heterocycles. The van der Waals surface area contributed by atoms with Crippen molar-refractivity contribution in [1.82, 2.24) is 4.31 Å². The van der Waals surface area contributed by atoms with Gasteiger partial charge in [0.05, 0.1) is 11.0 Å². The third-order valence-electron chi connectivity index (χ3n) is 3.15. The van der Waals surface area contributed by atoms with Crippen LogP contribution in [-0.2, 0) is 10.0 Å². The lowest BCUT2D eigenvalue weighted by atomic mass is 10.1. The van der Waals surface area contributed by atoms with Crippen LogP contribution < -0.4 is 0 Å². The average Bonchev–Trinajstić information content (AvgIpc) is 2.63. The number of halogens is 1. The van der Waals surface area contributed by atoms with E-state index in [1.54, 1.807) is 13.8 Å². The summed E-state index contributed by atoms with van der Waals surface area (Å²) in [7, 11) is -3.64. The standard InChI is InChI=1S/C12H16FNO3S/c1-8-5-10(13)6-9(2)12(8)18(16,17)14-4-3-11(15)7-14/h5-6,11,15H,3-4,7H2,1-2H3/t11-/m0/s1. The van der Waals surface area contributed by atoms with Gasteiger partial charge in [0.25, 0.3) is 0 Å². The second-order valence-corrected chi connectivity index (χ2v) is 6.55. The van der Waals surface area contributed by atoms with Gasteiger partial charge in [-0.15, -0.1) is 0 Å². The highest BCUT2D eigenvalue weighted by atomic mass is 32.2. The maximum atomic E-state index is 13.2. The summed E-state index contributed by atoms with van der Waals surface area (Å²) in [6, 6.07) is 2.43. The summed E-state index contributed by atoms with van der Waals surface area (Å²) >= 11 is 0. The minimum Gasteiger partial charge on any atom is -0.392 e. The van der Waals surface area contributed by atoms with Crippen molar-refractivity contribution in [2.45, 2.75) is 31.3 Å². The lowest BCUT2D eigenvalue weighted by Gasteiger charge is -2.19. The molecule has 0 aromatic heterocycles. The lowest BCUT2D eigenvalue weighted by Crippen LogP contribution is -2.30. The average molecular weight is 273 g/mol. The van der Waals surface area contributed by atoms with Crippen LogP contribution in [0.15, 0.2) is 17.0 Å². The van der Waals surface area contributed by atoms with Crippen molar-refractivity contribution < 1.29 is 17.9 Å². The van der Waals surface area contributed by atoms with Crippen LogP contribution in [0.3, 0.4) is 0 Å². The molecule has 0 spiro atoms. The van der Waals surface area contributed by atoms with Crippen LogP contribution >= 0.6 is 0 Å². The molecule has 0 bridgehead atoms. The molecule has 100 valence electrons. The van der Waals surface area contributed by atoms with Gasteiger partial charge in [0, 0.05) is 13.1 Å². The summed E-state index contributed by atoms with van der Waals surface area (Å²) in [6.07, 6.45) is -0.167. The zero-order chi connectivity index (χ0) is 13.5. The first-order chi connectivity index (χ1) is 8.32. The van der Waals surface area contributed by atoms with Gasteiger partial charge in [-0.05, 0) is 43.5 Å². The highest BCUT2D eigenvalue weighted by Crippen LogP contribution is 2.27. The van der Waals surface area contributed by atoms with Crippen LogP contribution in [0.4, 0.5) is 4.39 Å². The Hall–Kier alpha value is -0.980. The fraction of sp³-hybridized carbons (Fsp3) is 0.500. The van der Waals surface area contributed by atoms with Gasteiger partial charge in [0.2, 0.25) is 10.0 Å². The molecule has 1 heterocycles. The van der Waals surface area contributed by atoms with Gasteiger partial charge >= 0.3 is 0 Å². The number of aliphatic hydroxyl groups is 1. The van der Waals surface area contributed by atoms with Crippen molar-refractivity contribution in [2.75, 3.05) is 13.1 Å². The van der Waals surface area contributed by atoms with Crippen molar-refractivity contribution in [2.24, 2.45) is 0 Å². The van der Waals surface area contributed by atoms with Crippen molar-refractivity contribution in [3.05, 3.63) is 29.1 Å². The summed E-state index contributed by atoms with van der Waals surface area (Å²) in [5, 5.41) is 9.43. The van der Waals surface area contributed by atoms with Crippen LogP contribution in [0.5, 0.6) is 0 Å². The van der Waals surface area contributed by atoms with Gasteiger partial charge in [-0.3, -0.25) is 0 Å². The van der Waals surface area contributed by atoms with E-state index in [1.165, 1.54) is 16.4 Å². The number of β-amino-alcohol motifs (C(OH)–C–C–N with tert-alkyl or cyclic N) is 1. The lowest BCUT2D eigenvalue weighted by molar-refractivity contribution is 0.189. The summed E-state index contributed by atoms with van der Waals surface area (Å²) in [4.78, 5) is 0.151. The van der Waals surface area contributed by atoms with E-state index in [2.05, 4.69) is 0 Å². The van der Waals surface area contributed by atoms with E-state index in [-0.39, 0.29) is 11.4 Å². The molecule has 0 aliphatic carbocycles. The molecule has 0 unspecified atom stereocenters. The molecular formula is C12H16FNO3S. The van der Waals surface area contributed by atoms with E-state index < -0.39 is 21.9 Å². The Morgan fingerprint density at radius 2 is 1.89 bits per heavy atom. The van der Waals surface area contributed by atoms with E-state index in [9.17, 15) is 17.9 Å². The zero-order valence-electron chi connectivity index (χ0n) is 10.4. The molecule has 0 radical (unpaired) electrons.